The van der Waals surface area contributed by atoms with Crippen molar-refractivity contribution in [3.63, 3.8) is 0 Å². The summed E-state index contributed by atoms with van der Waals surface area (Å²) >= 11 is 0. The second-order valence-electron chi connectivity index (χ2n) is 6.14. The fraction of sp³-hybridized carbons (Fsp3) is 0.100. The minimum absolute atomic E-state index is 0.0762. The molecule has 0 aliphatic rings. The molecule has 3 rings (SSSR count). The number of para-hydroxylation sites is 1. The van der Waals surface area contributed by atoms with Gasteiger partial charge < -0.3 is 15.8 Å². The number of nitrogens with two attached hydrogens (primary N) is 1. The highest BCUT2D eigenvalue weighted by atomic mass is 19.1. The molecule has 1 heterocycles. The first-order chi connectivity index (χ1) is 13.9. The van der Waals surface area contributed by atoms with Crippen LogP contribution in [0.2, 0.25) is 0 Å². The minimum atomic E-state index is -0.863. The summed E-state index contributed by atoms with van der Waals surface area (Å²) in [6.45, 7) is 0. The Labute approximate surface area is 165 Å². The number of amides is 1. The molecule has 0 aliphatic heterocycles. The van der Waals surface area contributed by atoms with Crippen LogP contribution < -0.4 is 15.8 Å². The maximum Gasteiger partial charge on any atom is 0.287 e. The molecule has 0 spiro atoms. The molecule has 0 saturated heterocycles. The lowest BCUT2D eigenvalue weighted by atomic mass is 10.1. The molecule has 8 nitrogen and oxygen atoms in total. The van der Waals surface area contributed by atoms with Gasteiger partial charge in [-0.05, 0) is 36.2 Å². The lowest BCUT2D eigenvalue weighted by molar-refractivity contribution is -0.385. The van der Waals surface area contributed by atoms with Gasteiger partial charge in [-0.1, -0.05) is 24.3 Å². The van der Waals surface area contributed by atoms with Crippen LogP contribution in [0.4, 0.5) is 15.8 Å². The molecule has 9 heteroatoms. The van der Waals surface area contributed by atoms with Crippen LogP contribution in [0.15, 0.2) is 66.9 Å². The van der Waals surface area contributed by atoms with Crippen LogP contribution in [0.5, 0.6) is 11.6 Å². The van der Waals surface area contributed by atoms with E-state index in [1.54, 1.807) is 30.3 Å². The number of anilines is 1. The zero-order valence-electron chi connectivity index (χ0n) is 15.1. The van der Waals surface area contributed by atoms with Crippen LogP contribution in [0.25, 0.3) is 0 Å². The maximum atomic E-state index is 13.6. The highest BCUT2D eigenvalue weighted by Gasteiger charge is 2.16. The van der Waals surface area contributed by atoms with E-state index in [4.69, 9.17) is 10.5 Å². The van der Waals surface area contributed by atoms with Gasteiger partial charge in [-0.15, -0.1) is 0 Å². The van der Waals surface area contributed by atoms with E-state index < -0.39 is 22.7 Å². The van der Waals surface area contributed by atoms with Crippen molar-refractivity contribution >= 4 is 17.3 Å². The quantitative estimate of drug-likeness (QED) is 0.466. The number of nitrogens with one attached hydrogen (secondary N) is 1. The molecule has 0 saturated carbocycles. The normalized spacial score (nSPS) is 11.5. The highest BCUT2D eigenvalue weighted by Crippen LogP contribution is 2.22. The Balaban J connectivity index is 1.57. The van der Waals surface area contributed by atoms with E-state index in [9.17, 15) is 19.3 Å². The molecule has 1 atom stereocenters. The van der Waals surface area contributed by atoms with Crippen molar-refractivity contribution in [3.8, 4) is 11.6 Å². The van der Waals surface area contributed by atoms with Crippen molar-refractivity contribution in [3.05, 3.63) is 88.4 Å². The van der Waals surface area contributed by atoms with Crippen LogP contribution in [-0.4, -0.2) is 21.9 Å². The van der Waals surface area contributed by atoms with Gasteiger partial charge in [0.15, 0.2) is 0 Å². The molecule has 0 fully saturated rings. The topological polar surface area (TPSA) is 120 Å². The standard InChI is InChI=1S/C20H17FN4O4/c21-16-3-1-2-4-18(16)24-20(26)17(22)11-13-5-8-15(9-6-13)29-19-10-7-14(12-23-19)25(27)28/h1-10,12,17H,11,22H2,(H,24,26). The molecule has 1 amide bonds. The largest absolute Gasteiger partial charge is 0.439 e. The first-order valence-corrected chi connectivity index (χ1v) is 8.60. The molecule has 148 valence electrons. The number of hydrogen-bond acceptors (Lipinski definition) is 6. The molecule has 0 radical (unpaired) electrons. The number of benzene rings is 2. The first-order valence-electron chi connectivity index (χ1n) is 8.60. The second kappa shape index (κ2) is 8.89. The predicted molar refractivity (Wildman–Crippen MR) is 104 cm³/mol. The fourth-order valence-electron chi connectivity index (χ4n) is 2.49. The zero-order chi connectivity index (χ0) is 20.8. The summed E-state index contributed by atoms with van der Waals surface area (Å²) in [7, 11) is 0. The number of nitrogens with zero attached hydrogens (tertiary/aromatic N) is 2. The van der Waals surface area contributed by atoms with Crippen molar-refractivity contribution in [2.75, 3.05) is 5.32 Å². The van der Waals surface area contributed by atoms with Crippen LogP contribution in [-0.2, 0) is 11.2 Å². The maximum absolute atomic E-state index is 13.6. The average molecular weight is 396 g/mol. The number of nitro groups is 1. The lowest BCUT2D eigenvalue weighted by Crippen LogP contribution is -2.37. The summed E-state index contributed by atoms with van der Waals surface area (Å²) in [6.07, 6.45) is 1.35. The Hall–Kier alpha value is -3.85. The molecule has 0 aliphatic carbocycles. The molecule has 1 unspecified atom stereocenters. The smallest absolute Gasteiger partial charge is 0.287 e. The molecule has 29 heavy (non-hydrogen) atoms. The third kappa shape index (κ3) is 5.33. The van der Waals surface area contributed by atoms with Crippen molar-refractivity contribution in [2.24, 2.45) is 5.73 Å². The van der Waals surface area contributed by atoms with E-state index in [-0.39, 0.29) is 23.7 Å². The first kappa shape index (κ1) is 19.9. The number of carbonyl (C=O) groups is 1. The Kier molecular flexibility index (Phi) is 6.10. The molecular formula is C20H17FN4O4. The van der Waals surface area contributed by atoms with E-state index in [1.165, 1.54) is 30.3 Å². The Morgan fingerprint density at radius 1 is 1.17 bits per heavy atom. The summed E-state index contributed by atoms with van der Waals surface area (Å²) in [5, 5.41) is 13.1. The summed E-state index contributed by atoms with van der Waals surface area (Å²) in [6, 6.07) is 14.5. The van der Waals surface area contributed by atoms with Gasteiger partial charge in [-0.2, -0.15) is 0 Å². The number of hydrogen-bond donors (Lipinski definition) is 2. The fourth-order valence-corrected chi connectivity index (χ4v) is 2.49. The third-order valence-corrected chi connectivity index (χ3v) is 4.00. The molecular weight excluding hydrogens is 379 g/mol. The van der Waals surface area contributed by atoms with Crippen LogP contribution in [0, 0.1) is 15.9 Å². The molecule has 0 bridgehead atoms. The van der Waals surface area contributed by atoms with Gasteiger partial charge in [-0.3, -0.25) is 14.9 Å². The highest BCUT2D eigenvalue weighted by molar-refractivity contribution is 5.94. The zero-order valence-corrected chi connectivity index (χ0v) is 15.1. The van der Waals surface area contributed by atoms with Gasteiger partial charge in [0.05, 0.1) is 16.7 Å². The van der Waals surface area contributed by atoms with Crippen LogP contribution in [0.1, 0.15) is 5.56 Å². The van der Waals surface area contributed by atoms with Gasteiger partial charge in [0.25, 0.3) is 5.69 Å². The van der Waals surface area contributed by atoms with Crippen LogP contribution >= 0.6 is 0 Å². The monoisotopic (exact) mass is 396 g/mol. The van der Waals surface area contributed by atoms with Crippen LogP contribution in [0.3, 0.4) is 0 Å². The summed E-state index contributed by atoms with van der Waals surface area (Å²) in [5.41, 5.74) is 6.65. The predicted octanol–water partition coefficient (Wildman–Crippen LogP) is 3.43. The number of halogens is 1. The van der Waals surface area contributed by atoms with Crippen molar-refractivity contribution in [1.29, 1.82) is 0 Å². The number of rotatable bonds is 7. The van der Waals surface area contributed by atoms with E-state index in [0.29, 0.717) is 5.75 Å². The number of carbonyl (C=O) groups excluding carboxylic acids is 1. The Bertz CT molecular complexity index is 1010. The number of aromatic nitrogens is 1. The van der Waals surface area contributed by atoms with Gasteiger partial charge in [0.2, 0.25) is 11.8 Å². The second-order valence-corrected chi connectivity index (χ2v) is 6.14. The Morgan fingerprint density at radius 3 is 2.52 bits per heavy atom. The summed E-state index contributed by atoms with van der Waals surface area (Å²) in [4.78, 5) is 26.1. The average Bonchev–Trinajstić information content (AvgIpc) is 2.71. The molecule has 3 aromatic rings. The van der Waals surface area contributed by atoms with Gasteiger partial charge in [-0.25, -0.2) is 9.37 Å². The van der Waals surface area contributed by atoms with Crippen molar-refractivity contribution < 1.29 is 18.8 Å². The van der Waals surface area contributed by atoms with E-state index in [1.807, 2.05) is 0 Å². The third-order valence-electron chi connectivity index (χ3n) is 4.00. The van der Waals surface area contributed by atoms with E-state index in [0.717, 1.165) is 11.8 Å². The van der Waals surface area contributed by atoms with Crippen molar-refractivity contribution in [1.82, 2.24) is 4.98 Å². The van der Waals surface area contributed by atoms with Crippen molar-refractivity contribution in [2.45, 2.75) is 12.5 Å². The van der Waals surface area contributed by atoms with Gasteiger partial charge in [0.1, 0.15) is 17.8 Å². The summed E-state index contributed by atoms with van der Waals surface area (Å²) in [5.74, 6) is -0.344. The number of pyridine rings is 1. The number of ether oxygens (including phenoxy) is 1. The molecule has 1 aromatic heterocycles. The van der Waals surface area contributed by atoms with Gasteiger partial charge >= 0.3 is 0 Å². The molecule has 2 aromatic carbocycles. The van der Waals surface area contributed by atoms with E-state index in [2.05, 4.69) is 10.3 Å². The Morgan fingerprint density at radius 2 is 1.90 bits per heavy atom. The SMILES string of the molecule is NC(Cc1ccc(Oc2ccc([N+](=O)[O-])cn2)cc1)C(=O)Nc1ccccc1F. The minimum Gasteiger partial charge on any atom is -0.439 e. The molecule has 3 N–H and O–H groups in total. The van der Waals surface area contributed by atoms with E-state index >= 15 is 0 Å². The summed E-state index contributed by atoms with van der Waals surface area (Å²) < 4.78 is 19.1. The lowest BCUT2D eigenvalue weighted by Gasteiger charge is -2.13. The van der Waals surface area contributed by atoms with Gasteiger partial charge in [0, 0.05) is 12.1 Å².